The number of thiophene rings is 1. The van der Waals surface area contributed by atoms with Crippen LogP contribution in [0.4, 0.5) is 5.00 Å². The number of benzene rings is 1. The van der Waals surface area contributed by atoms with E-state index in [0.29, 0.717) is 12.1 Å². The summed E-state index contributed by atoms with van der Waals surface area (Å²) in [6.07, 6.45) is 11.0. The molecule has 182 valence electrons. The van der Waals surface area contributed by atoms with E-state index in [-0.39, 0.29) is 11.7 Å². The third-order valence-electron chi connectivity index (χ3n) is 7.83. The molecule has 0 atom stereocenters. The van der Waals surface area contributed by atoms with E-state index in [1.807, 2.05) is 31.2 Å². The molecule has 2 aromatic rings. The van der Waals surface area contributed by atoms with E-state index >= 15 is 0 Å². The van der Waals surface area contributed by atoms with Gasteiger partial charge in [-0.2, -0.15) is 0 Å². The lowest BCUT2D eigenvalue weighted by atomic mass is 9.91. The molecule has 1 aromatic carbocycles. The molecule has 1 saturated carbocycles. The Morgan fingerprint density at radius 1 is 0.941 bits per heavy atom. The third kappa shape index (κ3) is 5.29. The van der Waals surface area contributed by atoms with Crippen molar-refractivity contribution >= 4 is 28.0 Å². The summed E-state index contributed by atoms with van der Waals surface area (Å²) in [5.41, 5.74) is 3.74. The van der Waals surface area contributed by atoms with Crippen molar-refractivity contribution in [3.63, 3.8) is 0 Å². The van der Waals surface area contributed by atoms with Gasteiger partial charge in [-0.1, -0.05) is 49.1 Å². The van der Waals surface area contributed by atoms with E-state index in [1.165, 1.54) is 42.5 Å². The number of nitrogens with zero attached hydrogens (tertiary/aromatic N) is 2. The largest absolute Gasteiger partial charge is 0.316 e. The minimum absolute atomic E-state index is 0.00247. The van der Waals surface area contributed by atoms with Crippen LogP contribution < -0.4 is 5.32 Å². The van der Waals surface area contributed by atoms with Crippen LogP contribution in [0.1, 0.15) is 76.9 Å². The molecule has 1 amide bonds. The van der Waals surface area contributed by atoms with Crippen LogP contribution in [0.25, 0.3) is 0 Å². The van der Waals surface area contributed by atoms with Gasteiger partial charge in [-0.05, 0) is 51.0 Å². The fourth-order valence-electron chi connectivity index (χ4n) is 5.85. The van der Waals surface area contributed by atoms with Crippen LogP contribution in [0.2, 0.25) is 0 Å². The van der Waals surface area contributed by atoms with Gasteiger partial charge in [-0.15, -0.1) is 11.3 Å². The summed E-state index contributed by atoms with van der Waals surface area (Å²) in [4.78, 5) is 32.8. The zero-order chi connectivity index (χ0) is 23.5. The first kappa shape index (κ1) is 23.7. The maximum atomic E-state index is 13.5. The number of ketones is 1. The summed E-state index contributed by atoms with van der Waals surface area (Å²) >= 11 is 1.62. The molecule has 6 heteroatoms. The van der Waals surface area contributed by atoms with Crippen LogP contribution in [0, 0.1) is 6.92 Å². The van der Waals surface area contributed by atoms with Gasteiger partial charge >= 0.3 is 0 Å². The van der Waals surface area contributed by atoms with E-state index in [0.717, 1.165) is 74.0 Å². The van der Waals surface area contributed by atoms with Crippen LogP contribution in [0.15, 0.2) is 24.3 Å². The molecule has 0 bridgehead atoms. The second-order valence-corrected chi connectivity index (χ2v) is 11.4. The fourth-order valence-corrected chi connectivity index (χ4v) is 7.15. The number of rotatable bonds is 6. The number of fused-ring (bicyclic) bond motifs is 1. The highest BCUT2D eigenvalue weighted by Crippen LogP contribution is 2.39. The zero-order valence-electron chi connectivity index (χ0n) is 20.4. The van der Waals surface area contributed by atoms with Crippen LogP contribution in [-0.4, -0.2) is 60.3 Å². The Morgan fingerprint density at radius 2 is 1.65 bits per heavy atom. The van der Waals surface area contributed by atoms with Gasteiger partial charge in [0.2, 0.25) is 5.91 Å². The first-order valence-electron chi connectivity index (χ1n) is 13.1. The van der Waals surface area contributed by atoms with E-state index < -0.39 is 0 Å². The van der Waals surface area contributed by atoms with Crippen molar-refractivity contribution in [2.45, 2.75) is 70.8 Å². The molecule has 1 aliphatic heterocycles. The zero-order valence-corrected chi connectivity index (χ0v) is 21.2. The molecule has 0 radical (unpaired) electrons. The number of amides is 1. The van der Waals surface area contributed by atoms with Crippen molar-refractivity contribution < 1.29 is 9.59 Å². The summed E-state index contributed by atoms with van der Waals surface area (Å²) in [5, 5.41) is 3.91. The van der Waals surface area contributed by atoms with Crippen LogP contribution in [0.5, 0.6) is 0 Å². The number of nitrogens with one attached hydrogen (secondary N) is 1. The quantitative estimate of drug-likeness (QED) is 0.589. The van der Waals surface area contributed by atoms with Gasteiger partial charge in [0.1, 0.15) is 5.00 Å². The lowest BCUT2D eigenvalue weighted by Crippen LogP contribution is -2.52. The van der Waals surface area contributed by atoms with Gasteiger partial charge in [0.25, 0.3) is 0 Å². The van der Waals surface area contributed by atoms with Crippen molar-refractivity contribution in [3.8, 4) is 0 Å². The number of piperazine rings is 1. The molecule has 34 heavy (non-hydrogen) atoms. The van der Waals surface area contributed by atoms with Crippen molar-refractivity contribution in [2.75, 3.05) is 38.0 Å². The van der Waals surface area contributed by atoms with E-state index in [9.17, 15) is 9.59 Å². The summed E-state index contributed by atoms with van der Waals surface area (Å²) in [6, 6.07) is 8.52. The molecule has 0 unspecified atom stereocenters. The Kier molecular flexibility index (Phi) is 7.47. The van der Waals surface area contributed by atoms with Gasteiger partial charge in [-0.25, -0.2) is 0 Å². The SMILES string of the molecule is Cc1ccc(C(=O)c2c(NC(=O)CN3CCN(C4CCCCC4)CC3)sc3c2CCCC3)cc1. The summed E-state index contributed by atoms with van der Waals surface area (Å²) in [6.45, 7) is 6.44. The molecule has 2 heterocycles. The highest BCUT2D eigenvalue weighted by atomic mass is 32.1. The van der Waals surface area contributed by atoms with Crippen molar-refractivity contribution in [2.24, 2.45) is 0 Å². The highest BCUT2D eigenvalue weighted by molar-refractivity contribution is 7.17. The predicted molar refractivity (Wildman–Crippen MR) is 139 cm³/mol. The first-order chi connectivity index (χ1) is 16.6. The van der Waals surface area contributed by atoms with Crippen molar-refractivity contribution in [3.05, 3.63) is 51.4 Å². The molecule has 0 spiro atoms. The molecule has 3 aliphatic rings. The van der Waals surface area contributed by atoms with E-state index in [1.54, 1.807) is 11.3 Å². The summed E-state index contributed by atoms with van der Waals surface area (Å²) in [5.74, 6) is 0.0402. The normalized spacial score (nSPS) is 20.1. The average molecular weight is 480 g/mol. The Balaban J connectivity index is 1.25. The number of aryl methyl sites for hydroxylation is 2. The van der Waals surface area contributed by atoms with Crippen LogP contribution >= 0.6 is 11.3 Å². The fraction of sp³-hybridized carbons (Fsp3) is 0.571. The second kappa shape index (κ2) is 10.7. The van der Waals surface area contributed by atoms with Gasteiger partial charge < -0.3 is 5.32 Å². The lowest BCUT2D eigenvalue weighted by Gasteiger charge is -2.40. The number of anilines is 1. The van der Waals surface area contributed by atoms with Crippen LogP contribution in [0.3, 0.4) is 0 Å². The lowest BCUT2D eigenvalue weighted by molar-refractivity contribution is -0.117. The smallest absolute Gasteiger partial charge is 0.239 e. The van der Waals surface area contributed by atoms with Crippen molar-refractivity contribution in [1.82, 2.24) is 9.80 Å². The number of hydrogen-bond donors (Lipinski definition) is 1. The topological polar surface area (TPSA) is 52.7 Å². The van der Waals surface area contributed by atoms with Gasteiger partial charge in [0, 0.05) is 42.7 Å². The summed E-state index contributed by atoms with van der Waals surface area (Å²) < 4.78 is 0. The van der Waals surface area contributed by atoms with Crippen molar-refractivity contribution in [1.29, 1.82) is 0 Å². The van der Waals surface area contributed by atoms with Gasteiger partial charge in [-0.3, -0.25) is 19.4 Å². The molecule has 5 nitrogen and oxygen atoms in total. The standard InChI is InChI=1S/C28H37N3O2S/c1-20-11-13-21(14-12-20)27(33)26-23-9-5-6-10-24(23)34-28(26)29-25(32)19-30-15-17-31(18-16-30)22-7-3-2-4-8-22/h11-14,22H,2-10,15-19H2,1H3,(H,29,32). The Bertz CT molecular complexity index is 1020. The minimum atomic E-state index is 0.00247. The molecule has 2 fully saturated rings. The molecular weight excluding hydrogens is 442 g/mol. The van der Waals surface area contributed by atoms with Crippen LogP contribution in [-0.2, 0) is 17.6 Å². The maximum Gasteiger partial charge on any atom is 0.239 e. The number of hydrogen-bond acceptors (Lipinski definition) is 5. The molecule has 2 aliphatic carbocycles. The third-order valence-corrected chi connectivity index (χ3v) is 9.04. The minimum Gasteiger partial charge on any atom is -0.316 e. The monoisotopic (exact) mass is 479 g/mol. The Labute approximate surface area is 207 Å². The van der Waals surface area contributed by atoms with E-state index in [2.05, 4.69) is 15.1 Å². The average Bonchev–Trinajstić information content (AvgIpc) is 3.22. The number of carbonyl (C=O) groups excluding carboxylic acids is 2. The molecule has 1 aromatic heterocycles. The maximum absolute atomic E-state index is 13.5. The van der Waals surface area contributed by atoms with Gasteiger partial charge in [0.05, 0.1) is 12.1 Å². The molecular formula is C28H37N3O2S. The number of carbonyl (C=O) groups is 2. The van der Waals surface area contributed by atoms with E-state index in [4.69, 9.17) is 0 Å². The molecule has 5 rings (SSSR count). The Morgan fingerprint density at radius 3 is 2.38 bits per heavy atom. The molecule has 1 saturated heterocycles. The predicted octanol–water partition coefficient (Wildman–Crippen LogP) is 5.06. The second-order valence-electron chi connectivity index (χ2n) is 10.3. The Hall–Kier alpha value is -2.02. The first-order valence-corrected chi connectivity index (χ1v) is 13.9. The summed E-state index contributed by atoms with van der Waals surface area (Å²) in [7, 11) is 0. The van der Waals surface area contributed by atoms with Gasteiger partial charge in [0.15, 0.2) is 5.78 Å². The highest BCUT2D eigenvalue weighted by Gasteiger charge is 2.29. The molecule has 1 N–H and O–H groups in total.